The SMILES string of the molecule is CC[C@H](CO)COc1c([C@H]2[C@H](C(=O)Nc3ccnc(C(N)=O)c3)O[C@@](C)(C(F)(F)F)[C@H]2C)ccc(F)c1F. The second-order valence-electron chi connectivity index (χ2n) is 9.29. The van der Waals surface area contributed by atoms with E-state index in [-0.39, 0.29) is 30.2 Å². The maximum atomic E-state index is 14.9. The third-order valence-electron chi connectivity index (χ3n) is 6.95. The lowest BCUT2D eigenvalue weighted by atomic mass is 9.77. The van der Waals surface area contributed by atoms with Gasteiger partial charge in [0.2, 0.25) is 5.82 Å². The number of benzene rings is 1. The Morgan fingerprint density at radius 2 is 1.97 bits per heavy atom. The molecule has 13 heteroatoms. The maximum absolute atomic E-state index is 14.9. The number of anilines is 1. The van der Waals surface area contributed by atoms with Crippen LogP contribution in [0.4, 0.5) is 27.6 Å². The molecule has 0 spiro atoms. The molecule has 8 nitrogen and oxygen atoms in total. The number of halogens is 5. The smallest absolute Gasteiger partial charge is 0.417 e. The predicted molar refractivity (Wildman–Crippen MR) is 125 cm³/mol. The summed E-state index contributed by atoms with van der Waals surface area (Å²) >= 11 is 0. The van der Waals surface area contributed by atoms with Crippen molar-refractivity contribution in [1.29, 1.82) is 0 Å². The summed E-state index contributed by atoms with van der Waals surface area (Å²) in [6.07, 6.45) is -5.16. The van der Waals surface area contributed by atoms with Gasteiger partial charge in [-0.3, -0.25) is 14.6 Å². The number of alkyl halides is 3. The summed E-state index contributed by atoms with van der Waals surface area (Å²) in [5.41, 5.74) is 1.95. The van der Waals surface area contributed by atoms with Crippen molar-refractivity contribution >= 4 is 17.5 Å². The summed E-state index contributed by atoms with van der Waals surface area (Å²) < 4.78 is 82.5. The zero-order valence-corrected chi connectivity index (χ0v) is 20.8. The summed E-state index contributed by atoms with van der Waals surface area (Å²) in [6.45, 7) is 3.13. The normalized spacial score (nSPS) is 24.2. The fourth-order valence-electron chi connectivity index (χ4n) is 4.34. The third-order valence-corrected chi connectivity index (χ3v) is 6.95. The van der Waals surface area contributed by atoms with Gasteiger partial charge < -0.3 is 25.6 Å². The molecule has 0 saturated carbocycles. The maximum Gasteiger partial charge on any atom is 0.417 e. The molecule has 2 heterocycles. The van der Waals surface area contributed by atoms with Crippen molar-refractivity contribution in [3.05, 3.63) is 53.4 Å². The van der Waals surface area contributed by atoms with Gasteiger partial charge in [0.05, 0.1) is 6.61 Å². The molecule has 0 bridgehead atoms. The Kier molecular flexibility index (Phi) is 8.62. The first kappa shape index (κ1) is 29.2. The van der Waals surface area contributed by atoms with Crippen LogP contribution in [0.5, 0.6) is 5.75 Å². The summed E-state index contributed by atoms with van der Waals surface area (Å²) in [5, 5.41) is 11.8. The summed E-state index contributed by atoms with van der Waals surface area (Å²) in [5.74, 6) is -8.68. The topological polar surface area (TPSA) is 124 Å². The van der Waals surface area contributed by atoms with Gasteiger partial charge in [-0.15, -0.1) is 0 Å². The van der Waals surface area contributed by atoms with E-state index in [4.69, 9.17) is 15.2 Å². The van der Waals surface area contributed by atoms with Crippen molar-refractivity contribution in [3.8, 4) is 5.75 Å². The number of nitrogens with zero attached hydrogens (tertiary/aromatic N) is 1. The van der Waals surface area contributed by atoms with Gasteiger partial charge in [-0.2, -0.15) is 17.6 Å². The number of rotatable bonds is 9. The van der Waals surface area contributed by atoms with Crippen LogP contribution in [-0.2, 0) is 9.53 Å². The highest BCUT2D eigenvalue weighted by Crippen LogP contribution is 2.55. The molecule has 3 rings (SSSR count). The Morgan fingerprint density at radius 3 is 2.55 bits per heavy atom. The number of primary amides is 1. The Bertz CT molecular complexity index is 1190. The number of ether oxygens (including phenoxy) is 2. The molecule has 2 aromatic rings. The quantitative estimate of drug-likeness (QED) is 0.411. The Labute approximate surface area is 215 Å². The number of hydrogen-bond donors (Lipinski definition) is 3. The van der Waals surface area contributed by atoms with Crippen molar-refractivity contribution in [3.63, 3.8) is 0 Å². The van der Waals surface area contributed by atoms with Gasteiger partial charge in [0.15, 0.2) is 17.2 Å². The van der Waals surface area contributed by atoms with Crippen molar-refractivity contribution < 1.29 is 46.1 Å². The first-order valence-electron chi connectivity index (χ1n) is 11.8. The van der Waals surface area contributed by atoms with Gasteiger partial charge in [-0.25, -0.2) is 4.39 Å². The largest absolute Gasteiger partial charge is 0.490 e. The van der Waals surface area contributed by atoms with Crippen LogP contribution in [0.15, 0.2) is 30.5 Å². The molecule has 0 radical (unpaired) electrons. The molecule has 0 aliphatic carbocycles. The minimum atomic E-state index is -4.93. The van der Waals surface area contributed by atoms with Crippen LogP contribution in [0.25, 0.3) is 0 Å². The van der Waals surface area contributed by atoms with Gasteiger partial charge in [0.1, 0.15) is 11.8 Å². The van der Waals surface area contributed by atoms with E-state index in [9.17, 15) is 36.6 Å². The molecule has 208 valence electrons. The zero-order valence-electron chi connectivity index (χ0n) is 20.8. The van der Waals surface area contributed by atoms with E-state index in [1.54, 1.807) is 6.92 Å². The molecule has 1 aliphatic rings. The van der Waals surface area contributed by atoms with Gasteiger partial charge in [0, 0.05) is 41.8 Å². The molecule has 1 aromatic carbocycles. The second-order valence-corrected chi connectivity index (χ2v) is 9.29. The molecule has 1 saturated heterocycles. The van der Waals surface area contributed by atoms with Gasteiger partial charge >= 0.3 is 6.18 Å². The molecule has 0 unspecified atom stereocenters. The van der Waals surface area contributed by atoms with Crippen molar-refractivity contribution in [2.24, 2.45) is 17.6 Å². The molecule has 1 fully saturated rings. The van der Waals surface area contributed by atoms with Gasteiger partial charge in [-0.1, -0.05) is 19.9 Å². The minimum absolute atomic E-state index is 0.00454. The van der Waals surface area contributed by atoms with E-state index < -0.39 is 64.8 Å². The predicted octanol–water partition coefficient (Wildman–Crippen LogP) is 3.93. The lowest BCUT2D eigenvalue weighted by Crippen LogP contribution is -2.47. The van der Waals surface area contributed by atoms with Gasteiger partial charge in [0.25, 0.3) is 11.8 Å². The van der Waals surface area contributed by atoms with Crippen LogP contribution >= 0.6 is 0 Å². The standard InChI is InChI=1S/C25H28F5N3O5/c1-4-13(10-34)11-37-20-15(5-6-16(26)19(20)27)18-12(2)24(3,25(28,29)30)38-21(18)23(36)33-14-7-8-32-17(9-14)22(31)35/h5-9,12-13,18,21,34H,4,10-11H2,1-3H3,(H2,31,35)(H,32,33,36)/t12-,13+,18-,21+,24+/m0/s1. The number of aliphatic hydroxyl groups excluding tert-OH is 1. The van der Waals surface area contributed by atoms with E-state index in [2.05, 4.69) is 10.3 Å². The lowest BCUT2D eigenvalue weighted by molar-refractivity contribution is -0.272. The van der Waals surface area contributed by atoms with Gasteiger partial charge in [-0.05, 0) is 31.5 Å². The van der Waals surface area contributed by atoms with Crippen LogP contribution in [0.2, 0.25) is 0 Å². The van der Waals surface area contributed by atoms with E-state index in [0.717, 1.165) is 31.3 Å². The number of aromatic nitrogens is 1. The average molecular weight is 546 g/mol. The van der Waals surface area contributed by atoms with E-state index in [0.29, 0.717) is 6.42 Å². The number of nitrogens with one attached hydrogen (secondary N) is 1. The Hall–Kier alpha value is -3.32. The minimum Gasteiger partial charge on any atom is -0.490 e. The first-order chi connectivity index (χ1) is 17.7. The summed E-state index contributed by atoms with van der Waals surface area (Å²) in [6, 6.07) is 4.20. The first-order valence-corrected chi connectivity index (χ1v) is 11.8. The molecule has 38 heavy (non-hydrogen) atoms. The number of aliphatic hydroxyl groups is 1. The van der Waals surface area contributed by atoms with E-state index in [1.807, 2.05) is 0 Å². The van der Waals surface area contributed by atoms with Crippen LogP contribution in [0.1, 0.15) is 49.2 Å². The molecular weight excluding hydrogens is 517 g/mol. The number of nitrogens with two attached hydrogens (primary N) is 1. The Morgan fingerprint density at radius 1 is 1.29 bits per heavy atom. The number of pyridine rings is 1. The molecular formula is C25H28F5N3O5. The van der Waals surface area contributed by atoms with E-state index >= 15 is 0 Å². The zero-order chi connectivity index (χ0) is 28.4. The third kappa shape index (κ3) is 5.58. The number of carbonyl (C=O) groups excluding carboxylic acids is 2. The molecule has 4 N–H and O–H groups in total. The van der Waals surface area contributed by atoms with Crippen LogP contribution in [-0.4, -0.2) is 53.0 Å². The molecule has 1 aliphatic heterocycles. The van der Waals surface area contributed by atoms with Crippen LogP contribution in [0, 0.1) is 23.5 Å². The van der Waals surface area contributed by atoms with Crippen LogP contribution < -0.4 is 15.8 Å². The molecule has 5 atom stereocenters. The highest BCUT2D eigenvalue weighted by Gasteiger charge is 2.66. The number of hydrogen-bond acceptors (Lipinski definition) is 6. The fourth-order valence-corrected chi connectivity index (χ4v) is 4.34. The van der Waals surface area contributed by atoms with Crippen molar-refractivity contribution in [2.45, 2.75) is 51.0 Å². The van der Waals surface area contributed by atoms with Crippen molar-refractivity contribution in [2.75, 3.05) is 18.5 Å². The summed E-state index contributed by atoms with van der Waals surface area (Å²) in [7, 11) is 0. The van der Waals surface area contributed by atoms with E-state index in [1.165, 1.54) is 13.0 Å². The number of carbonyl (C=O) groups is 2. The lowest BCUT2D eigenvalue weighted by Gasteiger charge is -2.32. The average Bonchev–Trinajstić information content (AvgIpc) is 3.14. The van der Waals surface area contributed by atoms with Crippen molar-refractivity contribution in [1.82, 2.24) is 4.98 Å². The highest BCUT2D eigenvalue weighted by molar-refractivity contribution is 5.97. The number of amides is 2. The summed E-state index contributed by atoms with van der Waals surface area (Å²) in [4.78, 5) is 28.4. The fraction of sp³-hybridized carbons (Fsp3) is 0.480. The second kappa shape index (κ2) is 11.2. The monoisotopic (exact) mass is 545 g/mol. The molecule has 2 amide bonds. The van der Waals surface area contributed by atoms with Crippen LogP contribution in [0.3, 0.4) is 0 Å². The molecule has 1 aromatic heterocycles. The Balaban J connectivity index is 2.08. The highest BCUT2D eigenvalue weighted by atomic mass is 19.4.